The molecule has 0 heterocycles. The number of benzene rings is 2. The van der Waals surface area contributed by atoms with E-state index in [1.165, 1.54) is 11.1 Å². The quantitative estimate of drug-likeness (QED) is 0.433. The molecular weight excluding hydrogens is 372 g/mol. The minimum absolute atomic E-state index is 0.0778. The lowest BCUT2D eigenvalue weighted by Crippen LogP contribution is -2.30. The molecule has 1 aliphatic rings. The van der Waals surface area contributed by atoms with Gasteiger partial charge in [0.15, 0.2) is 0 Å². The molecule has 1 atom stereocenters. The monoisotopic (exact) mass is 408 g/mol. The van der Waals surface area contributed by atoms with Gasteiger partial charge in [-0.2, -0.15) is 0 Å². The van der Waals surface area contributed by atoms with Crippen LogP contribution in [0.4, 0.5) is 0 Å². The first-order valence-electron chi connectivity index (χ1n) is 10.8. The van der Waals surface area contributed by atoms with Crippen molar-refractivity contribution in [1.82, 2.24) is 0 Å². The lowest BCUT2D eigenvalue weighted by Gasteiger charge is -2.29. The van der Waals surface area contributed by atoms with Gasteiger partial charge in [-0.25, -0.2) is 0 Å². The summed E-state index contributed by atoms with van der Waals surface area (Å²) in [6.07, 6.45) is 2.24. The zero-order valence-corrected chi connectivity index (χ0v) is 19.5. The van der Waals surface area contributed by atoms with Crippen molar-refractivity contribution in [1.29, 1.82) is 0 Å². The molecule has 3 heteroatoms. The molecule has 156 valence electrons. The fraction of sp³-hybridized carbons (Fsp3) is 0.462. The molecule has 0 amide bonds. The molecule has 1 fully saturated rings. The predicted molar refractivity (Wildman–Crippen MR) is 124 cm³/mol. The Morgan fingerprint density at radius 3 is 1.79 bits per heavy atom. The average Bonchev–Trinajstić information content (AvgIpc) is 2.97. The van der Waals surface area contributed by atoms with Crippen molar-refractivity contribution < 1.29 is 9.47 Å². The Morgan fingerprint density at radius 1 is 0.862 bits per heavy atom. The highest BCUT2D eigenvalue weighted by molar-refractivity contribution is 6.81. The highest BCUT2D eigenvalue weighted by atomic mass is 28.3. The molecule has 3 rings (SSSR count). The van der Waals surface area contributed by atoms with E-state index in [9.17, 15) is 0 Å². The normalized spacial score (nSPS) is 20.3. The summed E-state index contributed by atoms with van der Waals surface area (Å²) in [6, 6.07) is 20.9. The largest absolute Gasteiger partial charge is 0.376 e. The summed E-state index contributed by atoms with van der Waals surface area (Å²) in [6.45, 7) is 12.5. The molecule has 1 aliphatic carbocycles. The molecule has 2 aromatic rings. The van der Waals surface area contributed by atoms with Crippen LogP contribution in [0.1, 0.15) is 30.9 Å². The molecule has 1 unspecified atom stereocenters. The lowest BCUT2D eigenvalue weighted by molar-refractivity contribution is -0.0304. The molecule has 0 aliphatic heterocycles. The number of hydrogen-bond donors (Lipinski definition) is 0. The van der Waals surface area contributed by atoms with E-state index in [1.807, 2.05) is 0 Å². The van der Waals surface area contributed by atoms with Crippen LogP contribution in [0, 0.1) is 11.3 Å². The van der Waals surface area contributed by atoms with Crippen LogP contribution in [-0.4, -0.2) is 21.3 Å². The summed E-state index contributed by atoms with van der Waals surface area (Å²) in [4.78, 5) is 0. The Labute approximate surface area is 178 Å². The Bertz CT molecular complexity index is 732. The van der Waals surface area contributed by atoms with Gasteiger partial charge in [-0.1, -0.05) is 98.5 Å². The van der Waals surface area contributed by atoms with Gasteiger partial charge in [0.2, 0.25) is 0 Å². The highest BCUT2D eigenvalue weighted by Gasteiger charge is 2.41. The first kappa shape index (κ1) is 22.0. The van der Waals surface area contributed by atoms with Gasteiger partial charge in [0.1, 0.15) is 0 Å². The third-order valence-electron chi connectivity index (χ3n) is 5.61. The Hall–Kier alpha value is -1.68. The third kappa shape index (κ3) is 6.95. The minimum Gasteiger partial charge on any atom is -0.376 e. The van der Waals surface area contributed by atoms with Crippen LogP contribution in [-0.2, 0) is 22.7 Å². The summed E-state index contributed by atoms with van der Waals surface area (Å²) in [7, 11) is -1.24. The van der Waals surface area contributed by atoms with E-state index in [4.69, 9.17) is 9.47 Å². The molecule has 2 aromatic carbocycles. The summed E-state index contributed by atoms with van der Waals surface area (Å²) in [5, 5.41) is 0. The maximum absolute atomic E-state index is 6.24. The van der Waals surface area contributed by atoms with Crippen LogP contribution in [0.2, 0.25) is 19.6 Å². The predicted octanol–water partition coefficient (Wildman–Crippen LogP) is 6.64. The maximum Gasteiger partial charge on any atom is 0.0717 e. The first-order chi connectivity index (χ1) is 13.9. The van der Waals surface area contributed by atoms with Crippen molar-refractivity contribution in [3.8, 4) is 0 Å². The molecule has 0 N–H and O–H groups in total. The second-order valence-electron chi connectivity index (χ2n) is 9.82. The molecule has 1 saturated carbocycles. The maximum atomic E-state index is 6.24. The van der Waals surface area contributed by atoms with Crippen molar-refractivity contribution >= 4 is 8.07 Å². The van der Waals surface area contributed by atoms with E-state index in [0.29, 0.717) is 19.1 Å². The van der Waals surface area contributed by atoms with Gasteiger partial charge in [0, 0.05) is 5.41 Å². The van der Waals surface area contributed by atoms with E-state index in [-0.39, 0.29) is 5.41 Å². The molecule has 29 heavy (non-hydrogen) atoms. The van der Waals surface area contributed by atoms with E-state index < -0.39 is 8.07 Å². The van der Waals surface area contributed by atoms with Gasteiger partial charge in [0.05, 0.1) is 34.5 Å². The first-order valence-corrected chi connectivity index (χ1v) is 14.4. The zero-order valence-electron chi connectivity index (χ0n) is 18.5. The van der Waals surface area contributed by atoms with Gasteiger partial charge in [-0.15, -0.1) is 0 Å². The molecule has 0 radical (unpaired) electrons. The number of hydrogen-bond acceptors (Lipinski definition) is 2. The molecule has 2 nitrogen and oxygen atoms in total. The van der Waals surface area contributed by atoms with Crippen LogP contribution < -0.4 is 0 Å². The van der Waals surface area contributed by atoms with Crippen molar-refractivity contribution in [2.75, 3.05) is 13.2 Å². The van der Waals surface area contributed by atoms with E-state index >= 15 is 0 Å². The molecule has 0 bridgehead atoms. The Morgan fingerprint density at radius 2 is 1.34 bits per heavy atom. The van der Waals surface area contributed by atoms with Crippen molar-refractivity contribution in [2.45, 2.75) is 52.6 Å². The van der Waals surface area contributed by atoms with E-state index in [0.717, 1.165) is 26.1 Å². The highest BCUT2D eigenvalue weighted by Crippen LogP contribution is 2.46. The Kier molecular flexibility index (Phi) is 7.50. The van der Waals surface area contributed by atoms with Gasteiger partial charge in [0.25, 0.3) is 0 Å². The zero-order chi connectivity index (χ0) is 20.7. The summed E-state index contributed by atoms with van der Waals surface area (Å²) in [5.41, 5.74) is 6.77. The molecule has 0 spiro atoms. The molecule has 0 aromatic heterocycles. The van der Waals surface area contributed by atoms with Gasteiger partial charge >= 0.3 is 0 Å². The van der Waals surface area contributed by atoms with Gasteiger partial charge in [-0.05, 0) is 29.9 Å². The van der Waals surface area contributed by atoms with Crippen LogP contribution in [0.5, 0.6) is 0 Å². The van der Waals surface area contributed by atoms with Crippen molar-refractivity contribution in [3.63, 3.8) is 0 Å². The second kappa shape index (κ2) is 9.88. The SMILES string of the molecule is CC1CC(COCc2ccccc2)(COCc2ccccc2)C/C1=C/[Si](C)(C)C. The summed E-state index contributed by atoms with van der Waals surface area (Å²) in [5.74, 6) is 0.613. The average molecular weight is 409 g/mol. The Balaban J connectivity index is 1.66. The van der Waals surface area contributed by atoms with Crippen LogP contribution >= 0.6 is 0 Å². The molecular formula is C26H36O2Si. The number of allylic oxidation sites excluding steroid dienone is 1. The lowest BCUT2D eigenvalue weighted by atomic mass is 9.87. The van der Waals surface area contributed by atoms with Gasteiger partial charge in [-0.3, -0.25) is 0 Å². The minimum atomic E-state index is -1.24. The van der Waals surface area contributed by atoms with Crippen LogP contribution in [0.25, 0.3) is 0 Å². The topological polar surface area (TPSA) is 18.5 Å². The van der Waals surface area contributed by atoms with E-state index in [2.05, 4.69) is 92.9 Å². The van der Waals surface area contributed by atoms with Crippen LogP contribution in [0.15, 0.2) is 71.9 Å². The molecule has 0 saturated heterocycles. The van der Waals surface area contributed by atoms with Crippen molar-refractivity contribution in [2.24, 2.45) is 11.3 Å². The number of rotatable bonds is 9. The van der Waals surface area contributed by atoms with Gasteiger partial charge < -0.3 is 9.47 Å². The van der Waals surface area contributed by atoms with Crippen LogP contribution in [0.3, 0.4) is 0 Å². The standard InChI is InChI=1S/C26H36O2Si/c1-22-15-26(16-25(22)19-29(2,3)4,20-27-17-23-11-7-5-8-12-23)21-28-18-24-13-9-6-10-14-24/h5-14,19,22H,15-18,20-21H2,1-4H3/b25-19-. The smallest absolute Gasteiger partial charge is 0.0717 e. The van der Waals surface area contributed by atoms with E-state index in [1.54, 1.807) is 5.57 Å². The second-order valence-corrected chi connectivity index (χ2v) is 14.8. The summed E-state index contributed by atoms with van der Waals surface area (Å²) < 4.78 is 12.5. The van der Waals surface area contributed by atoms with Crippen molar-refractivity contribution in [3.05, 3.63) is 83.1 Å². The summed E-state index contributed by atoms with van der Waals surface area (Å²) >= 11 is 0. The fourth-order valence-electron chi connectivity index (χ4n) is 4.39. The fourth-order valence-corrected chi connectivity index (χ4v) is 5.89. The third-order valence-corrected chi connectivity index (χ3v) is 6.85. The number of ether oxygens (including phenoxy) is 2.